The number of allylic oxidation sites excluding steroid dienone is 2. The molecule has 3 fully saturated rings. The molecule has 1 aromatic heterocycles. The quantitative estimate of drug-likeness (QED) is 0.113. The Labute approximate surface area is 315 Å². The van der Waals surface area contributed by atoms with Crippen molar-refractivity contribution >= 4 is 17.7 Å². The first-order valence-corrected chi connectivity index (χ1v) is 20.6. The fraction of sp³-hybridized carbons (Fsp3) is 0.800. The maximum Gasteiger partial charge on any atom is 0.309 e. The van der Waals surface area contributed by atoms with E-state index in [9.17, 15) is 19.8 Å². The van der Waals surface area contributed by atoms with Gasteiger partial charge in [0, 0.05) is 35.3 Å². The van der Waals surface area contributed by atoms with Gasteiger partial charge in [-0.2, -0.15) is 0 Å². The Kier molecular flexibility index (Phi) is 11.1. The van der Waals surface area contributed by atoms with E-state index < -0.39 is 17.4 Å². The van der Waals surface area contributed by atoms with Gasteiger partial charge < -0.3 is 24.9 Å². The number of rotatable bonds is 12. The van der Waals surface area contributed by atoms with E-state index in [1.807, 2.05) is 6.92 Å². The number of aromatic hydroxyl groups is 1. The molecule has 4 aliphatic carbocycles. The van der Waals surface area contributed by atoms with E-state index in [1.165, 1.54) is 25.0 Å². The highest BCUT2D eigenvalue weighted by atomic mass is 16.5. The maximum absolute atomic E-state index is 13.1. The van der Waals surface area contributed by atoms with Gasteiger partial charge in [-0.1, -0.05) is 73.0 Å². The number of aliphatic carboxylic acids is 1. The summed E-state index contributed by atoms with van der Waals surface area (Å²) in [6, 6.07) is 2.08. The first kappa shape index (κ1) is 40.6. The molecular formula is C45H72N2O5. The molecular weight excluding hydrogens is 649 g/mol. The topological polar surface area (TPSA) is 113 Å². The van der Waals surface area contributed by atoms with Crippen LogP contribution in [0.2, 0.25) is 0 Å². The summed E-state index contributed by atoms with van der Waals surface area (Å²) in [6.07, 6.45) is 12.0. The second-order valence-corrected chi connectivity index (χ2v) is 20.2. The average molecular weight is 721 g/mol. The minimum Gasteiger partial charge on any atom is -0.506 e. The van der Waals surface area contributed by atoms with E-state index in [-0.39, 0.29) is 34.2 Å². The third-order valence-corrected chi connectivity index (χ3v) is 15.9. The number of esters is 1. The molecule has 0 aromatic carbocycles. The summed E-state index contributed by atoms with van der Waals surface area (Å²) < 4.78 is 8.47. The highest BCUT2D eigenvalue weighted by molar-refractivity contribution is 5.81. The molecule has 52 heavy (non-hydrogen) atoms. The van der Waals surface area contributed by atoms with E-state index in [1.54, 1.807) is 25.0 Å². The lowest BCUT2D eigenvalue weighted by Gasteiger charge is -2.61. The molecule has 3 N–H and O–H groups in total. The third kappa shape index (κ3) is 6.82. The number of aromatic nitrogens is 1. The largest absolute Gasteiger partial charge is 0.506 e. The fourth-order valence-corrected chi connectivity index (χ4v) is 12.5. The molecule has 0 aliphatic heterocycles. The molecule has 4 aliphatic rings. The number of carboxylic acid groups (broad SMARTS) is 1. The molecule has 3 saturated carbocycles. The molecule has 292 valence electrons. The number of carboxylic acids is 1. The predicted octanol–water partition coefficient (Wildman–Crippen LogP) is 10.8. The first-order valence-electron chi connectivity index (χ1n) is 20.6. The van der Waals surface area contributed by atoms with Crippen LogP contribution in [0.1, 0.15) is 165 Å². The lowest BCUT2D eigenvalue weighted by Crippen LogP contribution is -2.57. The highest BCUT2D eigenvalue weighted by Gasteiger charge is 2.60. The van der Waals surface area contributed by atoms with Crippen LogP contribution in [0.25, 0.3) is 0 Å². The molecule has 5 rings (SSSR count). The number of fused-ring (bicyclic) bond motifs is 2. The molecule has 8 atom stereocenters. The van der Waals surface area contributed by atoms with Crippen molar-refractivity contribution in [1.29, 1.82) is 5.41 Å². The zero-order chi connectivity index (χ0) is 38.8. The minimum absolute atomic E-state index is 0.0438. The van der Waals surface area contributed by atoms with Crippen molar-refractivity contribution in [2.24, 2.45) is 58.3 Å². The fourth-order valence-electron chi connectivity index (χ4n) is 12.5. The standard InChI is InChI=1S/C45H72N2O5/c1-27(2)31-18-24-45(36-25-34(48)33(47(36)12)15-14-30(5)46)23-17-29(4)43(10,39(31)45)21-19-32-28(3)13-16-35-42(8,9)37(20-22-44(32,35)11)52-38(49)26-41(6,7)40(50)51/h25,27-29,32,35,37,46,48H,13-24,26H2,1-12H3,(H,50,51). The molecule has 7 heteroatoms. The van der Waals surface area contributed by atoms with Gasteiger partial charge in [-0.15, -0.1) is 0 Å². The zero-order valence-electron chi connectivity index (χ0n) is 34.8. The van der Waals surface area contributed by atoms with Crippen LogP contribution in [0.5, 0.6) is 5.75 Å². The molecule has 0 bridgehead atoms. The number of hydrogen-bond acceptors (Lipinski definition) is 5. The van der Waals surface area contributed by atoms with E-state index in [4.69, 9.17) is 10.1 Å². The normalized spacial score (nSPS) is 34.6. The van der Waals surface area contributed by atoms with Gasteiger partial charge in [-0.25, -0.2) is 0 Å². The number of carbonyl (C=O) groups is 2. The van der Waals surface area contributed by atoms with E-state index in [0.717, 1.165) is 50.6 Å². The van der Waals surface area contributed by atoms with Crippen molar-refractivity contribution in [3.8, 4) is 5.75 Å². The molecule has 0 saturated heterocycles. The predicted molar refractivity (Wildman–Crippen MR) is 210 cm³/mol. The van der Waals surface area contributed by atoms with Crippen molar-refractivity contribution in [2.45, 2.75) is 171 Å². The van der Waals surface area contributed by atoms with Crippen LogP contribution in [0.3, 0.4) is 0 Å². The summed E-state index contributed by atoms with van der Waals surface area (Å²) in [5.74, 6) is 1.65. The van der Waals surface area contributed by atoms with Crippen LogP contribution in [0, 0.1) is 56.7 Å². The second-order valence-electron chi connectivity index (χ2n) is 20.2. The van der Waals surface area contributed by atoms with Crippen LogP contribution in [-0.2, 0) is 33.2 Å². The Morgan fingerprint density at radius 2 is 1.73 bits per heavy atom. The van der Waals surface area contributed by atoms with Gasteiger partial charge in [0.1, 0.15) is 11.9 Å². The van der Waals surface area contributed by atoms with Crippen molar-refractivity contribution in [3.63, 3.8) is 0 Å². The van der Waals surface area contributed by atoms with Gasteiger partial charge >= 0.3 is 11.9 Å². The Balaban J connectivity index is 1.44. The number of carbonyl (C=O) groups excluding carboxylic acids is 1. The summed E-state index contributed by atoms with van der Waals surface area (Å²) in [4.78, 5) is 24.8. The van der Waals surface area contributed by atoms with Crippen LogP contribution < -0.4 is 0 Å². The van der Waals surface area contributed by atoms with Crippen LogP contribution in [0.15, 0.2) is 17.2 Å². The molecule has 1 heterocycles. The monoisotopic (exact) mass is 721 g/mol. The molecule has 0 spiro atoms. The smallest absolute Gasteiger partial charge is 0.309 e. The first-order chi connectivity index (χ1) is 24.0. The van der Waals surface area contributed by atoms with Crippen molar-refractivity contribution in [3.05, 3.63) is 28.6 Å². The van der Waals surface area contributed by atoms with Gasteiger partial charge in [0.15, 0.2) is 0 Å². The molecule has 7 nitrogen and oxygen atoms in total. The zero-order valence-corrected chi connectivity index (χ0v) is 34.8. The summed E-state index contributed by atoms with van der Waals surface area (Å²) in [5.41, 5.74) is 4.94. The molecule has 0 amide bonds. The minimum atomic E-state index is -1.15. The summed E-state index contributed by atoms with van der Waals surface area (Å²) in [6.45, 7) is 24.5. The molecule has 8 unspecified atom stereocenters. The summed E-state index contributed by atoms with van der Waals surface area (Å²) in [5, 5.41) is 28.9. The van der Waals surface area contributed by atoms with Gasteiger partial charge in [0.05, 0.1) is 17.5 Å². The number of ether oxygens (including phenoxy) is 1. The van der Waals surface area contributed by atoms with Gasteiger partial charge in [0.25, 0.3) is 0 Å². The average Bonchev–Trinajstić information content (AvgIpc) is 3.57. The van der Waals surface area contributed by atoms with Gasteiger partial charge in [0.2, 0.25) is 0 Å². The molecule has 0 radical (unpaired) electrons. The molecule has 1 aromatic rings. The SMILES string of the molecule is CC(=N)CCc1c(O)cc(C23CCC(C(C)C)=C2C(C)(CCC2C(C)CCC4C(C)(C)C(OC(=O)CC(C)(C)C(=O)O)CCC24C)C(C)CC3)n1C. The van der Waals surface area contributed by atoms with E-state index >= 15 is 0 Å². The van der Waals surface area contributed by atoms with Crippen molar-refractivity contribution in [1.82, 2.24) is 4.57 Å². The Morgan fingerprint density at radius 3 is 2.35 bits per heavy atom. The number of nitrogens with one attached hydrogen (secondary N) is 1. The summed E-state index contributed by atoms with van der Waals surface area (Å²) >= 11 is 0. The lowest BCUT2D eigenvalue weighted by molar-refractivity contribution is -0.187. The Morgan fingerprint density at radius 1 is 1.06 bits per heavy atom. The number of hydrogen-bond donors (Lipinski definition) is 3. The maximum atomic E-state index is 13.1. The van der Waals surface area contributed by atoms with Crippen LogP contribution in [-0.4, -0.2) is 38.5 Å². The van der Waals surface area contributed by atoms with E-state index in [0.29, 0.717) is 53.9 Å². The second kappa shape index (κ2) is 14.3. The van der Waals surface area contributed by atoms with Gasteiger partial charge in [-0.3, -0.25) is 9.59 Å². The highest BCUT2D eigenvalue weighted by Crippen LogP contribution is 2.67. The van der Waals surface area contributed by atoms with Crippen molar-refractivity contribution in [2.75, 3.05) is 0 Å². The van der Waals surface area contributed by atoms with E-state index in [2.05, 4.69) is 73.1 Å². The van der Waals surface area contributed by atoms with Crippen LogP contribution >= 0.6 is 0 Å². The summed E-state index contributed by atoms with van der Waals surface area (Å²) in [7, 11) is 2.14. The van der Waals surface area contributed by atoms with Gasteiger partial charge in [-0.05, 0) is 132 Å². The third-order valence-electron chi connectivity index (χ3n) is 15.9. The van der Waals surface area contributed by atoms with Crippen molar-refractivity contribution < 1.29 is 24.5 Å². The van der Waals surface area contributed by atoms with Crippen LogP contribution in [0.4, 0.5) is 0 Å². The Bertz CT molecular complexity index is 1580. The Hall–Kier alpha value is -2.57. The lowest BCUT2D eigenvalue weighted by atomic mass is 9.44. The number of nitrogens with zero attached hydrogens (tertiary/aromatic N) is 1.